The van der Waals surface area contributed by atoms with Crippen molar-refractivity contribution in [3.63, 3.8) is 0 Å². The lowest BCUT2D eigenvalue weighted by molar-refractivity contribution is 0.0935. The second kappa shape index (κ2) is 5.90. The molecule has 0 saturated heterocycles. The maximum atomic E-state index is 12.1. The van der Waals surface area contributed by atoms with E-state index < -0.39 is 0 Å². The fraction of sp³-hybridized carbons (Fsp3) is 0.438. The van der Waals surface area contributed by atoms with Crippen LogP contribution in [0.1, 0.15) is 41.3 Å². The lowest BCUT2D eigenvalue weighted by atomic mass is 10.0. The summed E-state index contributed by atoms with van der Waals surface area (Å²) >= 11 is 0. The third kappa shape index (κ3) is 3.59. The van der Waals surface area contributed by atoms with Crippen molar-refractivity contribution in [2.24, 2.45) is 5.92 Å². The highest BCUT2D eigenvalue weighted by Gasteiger charge is 2.29. The van der Waals surface area contributed by atoms with E-state index in [-0.39, 0.29) is 18.6 Å². The monoisotopic (exact) mass is 257 g/mol. The van der Waals surface area contributed by atoms with Gasteiger partial charge in [0, 0.05) is 17.2 Å². The SMILES string of the molecule is Cc1cc(C(=O)NC(C)C2CC2)ccc1C#CCO. The minimum absolute atomic E-state index is 0.0239. The summed E-state index contributed by atoms with van der Waals surface area (Å²) in [6.45, 7) is 3.83. The molecule has 1 aliphatic rings. The van der Waals surface area contributed by atoms with E-state index in [1.165, 1.54) is 12.8 Å². The number of amides is 1. The summed E-state index contributed by atoms with van der Waals surface area (Å²) in [6, 6.07) is 5.70. The molecule has 1 fully saturated rings. The van der Waals surface area contributed by atoms with E-state index in [1.807, 2.05) is 19.1 Å². The third-order valence-corrected chi connectivity index (χ3v) is 3.48. The molecule has 1 saturated carbocycles. The van der Waals surface area contributed by atoms with Crippen LogP contribution < -0.4 is 5.32 Å². The Kier molecular flexibility index (Phi) is 4.24. The Morgan fingerprint density at radius 2 is 2.26 bits per heavy atom. The van der Waals surface area contributed by atoms with E-state index in [4.69, 9.17) is 5.11 Å². The highest BCUT2D eigenvalue weighted by atomic mass is 16.2. The van der Waals surface area contributed by atoms with E-state index in [1.54, 1.807) is 6.07 Å². The zero-order chi connectivity index (χ0) is 13.8. The van der Waals surface area contributed by atoms with Gasteiger partial charge in [0.1, 0.15) is 6.61 Å². The standard InChI is InChI=1S/C16H19NO2/c1-11-10-15(8-5-13(11)4-3-9-18)16(19)17-12(2)14-6-7-14/h5,8,10,12,14,18H,6-7,9H2,1-2H3,(H,17,19). The smallest absolute Gasteiger partial charge is 0.251 e. The van der Waals surface area contributed by atoms with Crippen molar-refractivity contribution in [2.45, 2.75) is 32.7 Å². The summed E-state index contributed by atoms with van der Waals surface area (Å²) < 4.78 is 0. The molecule has 1 atom stereocenters. The fourth-order valence-electron chi connectivity index (χ4n) is 2.08. The number of carbonyl (C=O) groups excluding carboxylic acids is 1. The molecule has 1 aromatic carbocycles. The predicted molar refractivity (Wildman–Crippen MR) is 74.8 cm³/mol. The van der Waals surface area contributed by atoms with Gasteiger partial charge in [-0.15, -0.1) is 0 Å². The van der Waals surface area contributed by atoms with Crippen LogP contribution in [0.15, 0.2) is 18.2 Å². The molecule has 1 aliphatic carbocycles. The van der Waals surface area contributed by atoms with Crippen molar-refractivity contribution >= 4 is 5.91 Å². The maximum absolute atomic E-state index is 12.1. The van der Waals surface area contributed by atoms with Gasteiger partial charge in [0.15, 0.2) is 0 Å². The predicted octanol–water partition coefficient (Wildman–Crippen LogP) is 1.87. The number of nitrogens with one attached hydrogen (secondary N) is 1. The van der Waals surface area contributed by atoms with Gasteiger partial charge >= 0.3 is 0 Å². The highest BCUT2D eigenvalue weighted by Crippen LogP contribution is 2.32. The van der Waals surface area contributed by atoms with Gasteiger partial charge in [-0.1, -0.05) is 11.8 Å². The van der Waals surface area contributed by atoms with Crippen LogP contribution in [0.4, 0.5) is 0 Å². The molecule has 0 aliphatic heterocycles. The second-order valence-electron chi connectivity index (χ2n) is 5.09. The number of hydrogen-bond donors (Lipinski definition) is 2. The van der Waals surface area contributed by atoms with Crippen LogP contribution in [0.3, 0.4) is 0 Å². The number of carbonyl (C=O) groups is 1. The summed E-state index contributed by atoms with van der Waals surface area (Å²) in [7, 11) is 0. The van der Waals surface area contributed by atoms with Gasteiger partial charge in [0.2, 0.25) is 0 Å². The number of aliphatic hydroxyl groups is 1. The van der Waals surface area contributed by atoms with E-state index in [2.05, 4.69) is 24.1 Å². The minimum atomic E-state index is -0.152. The topological polar surface area (TPSA) is 49.3 Å². The molecule has 0 bridgehead atoms. The highest BCUT2D eigenvalue weighted by molar-refractivity contribution is 5.94. The lowest BCUT2D eigenvalue weighted by Crippen LogP contribution is -2.34. The molecule has 1 amide bonds. The summed E-state index contributed by atoms with van der Waals surface area (Å²) in [5, 5.41) is 11.7. The third-order valence-electron chi connectivity index (χ3n) is 3.48. The van der Waals surface area contributed by atoms with E-state index in [9.17, 15) is 4.79 Å². The van der Waals surface area contributed by atoms with Gasteiger partial charge in [-0.2, -0.15) is 0 Å². The average molecular weight is 257 g/mol. The molecule has 3 nitrogen and oxygen atoms in total. The molecule has 1 aromatic rings. The van der Waals surface area contributed by atoms with Crippen molar-refractivity contribution in [1.29, 1.82) is 0 Å². The number of hydrogen-bond acceptors (Lipinski definition) is 2. The van der Waals surface area contributed by atoms with E-state index in [0.29, 0.717) is 11.5 Å². The van der Waals surface area contributed by atoms with Crippen molar-refractivity contribution < 1.29 is 9.90 Å². The molecule has 0 spiro atoms. The average Bonchev–Trinajstić information content (AvgIpc) is 3.21. The first-order valence-electron chi connectivity index (χ1n) is 6.63. The van der Waals surface area contributed by atoms with Gasteiger partial charge < -0.3 is 10.4 Å². The van der Waals surface area contributed by atoms with Crippen molar-refractivity contribution in [3.05, 3.63) is 34.9 Å². The summed E-state index contributed by atoms with van der Waals surface area (Å²) in [5.41, 5.74) is 2.47. The Balaban J connectivity index is 2.07. The molecule has 19 heavy (non-hydrogen) atoms. The Morgan fingerprint density at radius 3 is 2.84 bits per heavy atom. The zero-order valence-electron chi connectivity index (χ0n) is 11.4. The second-order valence-corrected chi connectivity index (χ2v) is 5.09. The first-order valence-corrected chi connectivity index (χ1v) is 6.63. The van der Waals surface area contributed by atoms with E-state index in [0.717, 1.165) is 11.1 Å². The zero-order valence-corrected chi connectivity index (χ0v) is 11.4. The minimum Gasteiger partial charge on any atom is -0.384 e. The Morgan fingerprint density at radius 1 is 1.53 bits per heavy atom. The van der Waals surface area contributed by atoms with Crippen LogP contribution in [-0.2, 0) is 0 Å². The number of benzene rings is 1. The molecule has 0 radical (unpaired) electrons. The molecule has 1 unspecified atom stereocenters. The maximum Gasteiger partial charge on any atom is 0.251 e. The quantitative estimate of drug-likeness (QED) is 0.812. The first kappa shape index (κ1) is 13.6. The number of rotatable bonds is 3. The van der Waals surface area contributed by atoms with Crippen molar-refractivity contribution in [2.75, 3.05) is 6.61 Å². The van der Waals surface area contributed by atoms with Gasteiger partial charge in [0.05, 0.1) is 0 Å². The summed E-state index contributed by atoms with van der Waals surface area (Å²) in [4.78, 5) is 12.1. The molecule has 3 heteroatoms. The Labute approximate surface area is 114 Å². The van der Waals surface area contributed by atoms with Crippen LogP contribution in [0.25, 0.3) is 0 Å². The normalized spacial score (nSPS) is 15.3. The van der Waals surface area contributed by atoms with Gasteiger partial charge in [0.25, 0.3) is 5.91 Å². The summed E-state index contributed by atoms with van der Waals surface area (Å²) in [5.74, 6) is 6.11. The molecule has 2 rings (SSSR count). The van der Waals surface area contributed by atoms with Gasteiger partial charge in [-0.05, 0) is 56.4 Å². The van der Waals surface area contributed by atoms with Crippen molar-refractivity contribution in [3.8, 4) is 11.8 Å². The van der Waals surface area contributed by atoms with Crippen LogP contribution in [0.5, 0.6) is 0 Å². The van der Waals surface area contributed by atoms with Crippen LogP contribution in [0.2, 0.25) is 0 Å². The van der Waals surface area contributed by atoms with Crippen LogP contribution in [-0.4, -0.2) is 23.7 Å². The number of aryl methyl sites for hydroxylation is 1. The molecular weight excluding hydrogens is 238 g/mol. The molecular formula is C16H19NO2. The Bertz CT molecular complexity index is 535. The molecule has 0 aromatic heterocycles. The lowest BCUT2D eigenvalue weighted by Gasteiger charge is -2.13. The molecule has 100 valence electrons. The Hall–Kier alpha value is -1.79. The van der Waals surface area contributed by atoms with Gasteiger partial charge in [-0.3, -0.25) is 4.79 Å². The van der Waals surface area contributed by atoms with Crippen molar-refractivity contribution in [1.82, 2.24) is 5.32 Å². The van der Waals surface area contributed by atoms with Crippen LogP contribution in [0, 0.1) is 24.7 Å². The van der Waals surface area contributed by atoms with Gasteiger partial charge in [-0.25, -0.2) is 0 Å². The summed E-state index contributed by atoms with van der Waals surface area (Å²) in [6.07, 6.45) is 2.44. The molecule has 2 N–H and O–H groups in total. The largest absolute Gasteiger partial charge is 0.384 e. The first-order chi connectivity index (χ1) is 9.11. The van der Waals surface area contributed by atoms with Crippen LogP contribution >= 0.6 is 0 Å². The van der Waals surface area contributed by atoms with E-state index >= 15 is 0 Å². The molecule has 0 heterocycles. The fourth-order valence-corrected chi connectivity index (χ4v) is 2.08. The number of aliphatic hydroxyl groups excluding tert-OH is 1.